The van der Waals surface area contributed by atoms with E-state index in [9.17, 15) is 4.79 Å². The molecule has 1 aromatic rings. The summed E-state index contributed by atoms with van der Waals surface area (Å²) in [5.74, 6) is 0.451. The molecule has 3 nitrogen and oxygen atoms in total. The van der Waals surface area contributed by atoms with Gasteiger partial charge < -0.3 is 4.90 Å². The zero-order valence-electron chi connectivity index (χ0n) is 11.7. The van der Waals surface area contributed by atoms with Gasteiger partial charge in [-0.15, -0.1) is 0 Å². The number of benzene rings is 1. The highest BCUT2D eigenvalue weighted by atomic mass is 35.5. The number of rotatable bonds is 2. The van der Waals surface area contributed by atoms with E-state index in [1.54, 1.807) is 0 Å². The first-order valence-corrected chi connectivity index (χ1v) is 7.89. The highest BCUT2D eigenvalue weighted by Crippen LogP contribution is 2.24. The molecule has 3 rings (SSSR count). The van der Waals surface area contributed by atoms with E-state index in [4.69, 9.17) is 11.6 Å². The summed E-state index contributed by atoms with van der Waals surface area (Å²) >= 11 is 6.05. The fourth-order valence-corrected chi connectivity index (χ4v) is 3.50. The number of hydrogen-bond donors (Lipinski definition) is 0. The lowest BCUT2D eigenvalue weighted by Gasteiger charge is -2.40. The van der Waals surface area contributed by atoms with Gasteiger partial charge in [0.1, 0.15) is 5.78 Å². The average Bonchev–Trinajstić information content (AvgIpc) is 2.48. The molecule has 1 saturated carbocycles. The Hall–Kier alpha value is -1.06. The van der Waals surface area contributed by atoms with E-state index in [1.165, 1.54) is 12.1 Å². The minimum absolute atomic E-state index is 0.185. The van der Waals surface area contributed by atoms with Crippen molar-refractivity contribution in [3.05, 3.63) is 29.3 Å². The van der Waals surface area contributed by atoms with Gasteiger partial charge >= 0.3 is 0 Å². The van der Waals surface area contributed by atoms with E-state index in [0.29, 0.717) is 5.78 Å². The van der Waals surface area contributed by atoms with Gasteiger partial charge in [0, 0.05) is 43.3 Å². The van der Waals surface area contributed by atoms with Crippen molar-refractivity contribution in [2.75, 3.05) is 31.1 Å². The van der Waals surface area contributed by atoms with Crippen LogP contribution in [0.1, 0.15) is 25.7 Å². The Bertz CT molecular complexity index is 483. The summed E-state index contributed by atoms with van der Waals surface area (Å²) in [5.41, 5.74) is 1.19. The number of halogens is 1. The second kappa shape index (κ2) is 6.15. The molecule has 2 aliphatic rings. The van der Waals surface area contributed by atoms with E-state index in [1.807, 2.05) is 18.2 Å². The number of anilines is 1. The maximum absolute atomic E-state index is 12.0. The molecule has 1 heterocycles. The van der Waals surface area contributed by atoms with Crippen LogP contribution in [0.4, 0.5) is 5.69 Å². The van der Waals surface area contributed by atoms with Gasteiger partial charge in [-0.05, 0) is 31.0 Å². The molecule has 0 spiro atoms. The summed E-state index contributed by atoms with van der Waals surface area (Å²) < 4.78 is 0. The second-order valence-corrected chi connectivity index (χ2v) is 6.17. The first-order chi connectivity index (χ1) is 9.74. The number of carbonyl (C=O) groups is 1. The highest BCUT2D eigenvalue weighted by molar-refractivity contribution is 6.30. The van der Waals surface area contributed by atoms with Crippen LogP contribution in [0.3, 0.4) is 0 Å². The average molecular weight is 293 g/mol. The van der Waals surface area contributed by atoms with Gasteiger partial charge in [0.05, 0.1) is 6.04 Å². The van der Waals surface area contributed by atoms with Crippen molar-refractivity contribution >= 4 is 23.1 Å². The molecule has 0 N–H and O–H groups in total. The number of hydrogen-bond acceptors (Lipinski definition) is 3. The maximum atomic E-state index is 12.0. The van der Waals surface area contributed by atoms with Crippen molar-refractivity contribution in [1.82, 2.24) is 4.90 Å². The predicted octanol–water partition coefficient (Wildman–Crippen LogP) is 2.97. The molecule has 1 aromatic carbocycles. The van der Waals surface area contributed by atoms with Crippen LogP contribution in [-0.4, -0.2) is 42.9 Å². The maximum Gasteiger partial charge on any atom is 0.149 e. The molecule has 1 saturated heterocycles. The third kappa shape index (κ3) is 2.99. The number of carbonyl (C=O) groups excluding carboxylic acids is 1. The monoisotopic (exact) mass is 292 g/mol. The first-order valence-electron chi connectivity index (χ1n) is 7.51. The summed E-state index contributed by atoms with van der Waals surface area (Å²) in [6.07, 6.45) is 4.11. The Labute approximate surface area is 125 Å². The number of nitrogens with zero attached hydrogens (tertiary/aromatic N) is 2. The van der Waals surface area contributed by atoms with Gasteiger partial charge in [-0.3, -0.25) is 9.69 Å². The Kier molecular flexibility index (Phi) is 4.27. The summed E-state index contributed by atoms with van der Waals surface area (Å²) in [5, 5.41) is 0.785. The molecule has 1 atom stereocenters. The van der Waals surface area contributed by atoms with E-state index >= 15 is 0 Å². The van der Waals surface area contributed by atoms with Crippen LogP contribution in [0.5, 0.6) is 0 Å². The summed E-state index contributed by atoms with van der Waals surface area (Å²) in [6.45, 7) is 3.90. The molecular weight excluding hydrogens is 272 g/mol. The molecule has 1 aliphatic carbocycles. The van der Waals surface area contributed by atoms with Crippen LogP contribution in [0.15, 0.2) is 24.3 Å². The summed E-state index contributed by atoms with van der Waals surface area (Å²) in [6, 6.07) is 8.21. The Balaban J connectivity index is 1.60. The van der Waals surface area contributed by atoms with Crippen LogP contribution in [0.2, 0.25) is 5.02 Å². The number of piperazine rings is 1. The van der Waals surface area contributed by atoms with Crippen molar-refractivity contribution in [1.29, 1.82) is 0 Å². The van der Waals surface area contributed by atoms with Gasteiger partial charge in [0.15, 0.2) is 0 Å². The lowest BCUT2D eigenvalue weighted by Crippen LogP contribution is -2.53. The van der Waals surface area contributed by atoms with Crippen molar-refractivity contribution in [2.45, 2.75) is 31.7 Å². The van der Waals surface area contributed by atoms with Crippen molar-refractivity contribution in [3.8, 4) is 0 Å². The van der Waals surface area contributed by atoms with Crippen LogP contribution >= 0.6 is 11.6 Å². The van der Waals surface area contributed by atoms with Crippen LogP contribution < -0.4 is 4.90 Å². The van der Waals surface area contributed by atoms with Gasteiger partial charge in [-0.25, -0.2) is 0 Å². The van der Waals surface area contributed by atoms with Crippen molar-refractivity contribution in [2.24, 2.45) is 0 Å². The predicted molar refractivity (Wildman–Crippen MR) is 82.5 cm³/mol. The van der Waals surface area contributed by atoms with Crippen LogP contribution in [0.25, 0.3) is 0 Å². The topological polar surface area (TPSA) is 23.6 Å². The SMILES string of the molecule is O=C1CCCCC1N1CCN(c2cccc(Cl)c2)CC1. The minimum Gasteiger partial charge on any atom is -0.369 e. The number of ketones is 1. The highest BCUT2D eigenvalue weighted by Gasteiger charge is 2.30. The van der Waals surface area contributed by atoms with Crippen LogP contribution in [-0.2, 0) is 4.79 Å². The molecular formula is C16H21ClN2O. The Morgan fingerprint density at radius 1 is 1.10 bits per heavy atom. The van der Waals surface area contributed by atoms with Crippen molar-refractivity contribution < 1.29 is 4.79 Å². The molecule has 1 aliphatic heterocycles. The minimum atomic E-state index is 0.185. The summed E-state index contributed by atoms with van der Waals surface area (Å²) in [7, 11) is 0. The lowest BCUT2D eigenvalue weighted by molar-refractivity contribution is -0.126. The quantitative estimate of drug-likeness (QED) is 0.837. The third-order valence-corrected chi connectivity index (χ3v) is 4.69. The van der Waals surface area contributed by atoms with E-state index in [2.05, 4.69) is 15.9 Å². The standard InChI is InChI=1S/C16H21ClN2O/c17-13-4-3-5-14(12-13)18-8-10-19(11-9-18)15-6-1-2-7-16(15)20/h3-5,12,15H,1-2,6-11H2. The molecule has 1 unspecified atom stereocenters. The third-order valence-electron chi connectivity index (χ3n) is 4.45. The fraction of sp³-hybridized carbons (Fsp3) is 0.562. The molecule has 4 heteroatoms. The van der Waals surface area contributed by atoms with Crippen LogP contribution in [0, 0.1) is 0 Å². The summed E-state index contributed by atoms with van der Waals surface area (Å²) in [4.78, 5) is 16.8. The van der Waals surface area contributed by atoms with Crippen molar-refractivity contribution in [3.63, 3.8) is 0 Å². The van der Waals surface area contributed by atoms with Gasteiger partial charge in [-0.2, -0.15) is 0 Å². The smallest absolute Gasteiger partial charge is 0.149 e. The largest absolute Gasteiger partial charge is 0.369 e. The molecule has 0 bridgehead atoms. The Morgan fingerprint density at radius 3 is 2.60 bits per heavy atom. The molecule has 108 valence electrons. The second-order valence-electron chi connectivity index (χ2n) is 5.73. The lowest BCUT2D eigenvalue weighted by atomic mass is 9.92. The normalized spacial score (nSPS) is 24.9. The van der Waals surface area contributed by atoms with E-state index < -0.39 is 0 Å². The zero-order valence-corrected chi connectivity index (χ0v) is 12.5. The molecule has 0 amide bonds. The molecule has 20 heavy (non-hydrogen) atoms. The van der Waals surface area contributed by atoms with Gasteiger partial charge in [0.2, 0.25) is 0 Å². The fourth-order valence-electron chi connectivity index (χ4n) is 3.32. The van der Waals surface area contributed by atoms with E-state index in [0.717, 1.165) is 50.5 Å². The first kappa shape index (κ1) is 13.9. The van der Waals surface area contributed by atoms with Gasteiger partial charge in [-0.1, -0.05) is 24.1 Å². The van der Waals surface area contributed by atoms with Gasteiger partial charge in [0.25, 0.3) is 0 Å². The number of Topliss-reactive ketones (excluding diaryl/α,β-unsaturated/α-hetero) is 1. The zero-order chi connectivity index (χ0) is 13.9. The molecule has 0 aromatic heterocycles. The molecule has 2 fully saturated rings. The van der Waals surface area contributed by atoms with E-state index in [-0.39, 0.29) is 6.04 Å². The Morgan fingerprint density at radius 2 is 1.90 bits per heavy atom. The molecule has 0 radical (unpaired) electrons.